The van der Waals surface area contributed by atoms with E-state index in [0.717, 1.165) is 98.5 Å². The number of benzene rings is 7. The van der Waals surface area contributed by atoms with Crippen molar-refractivity contribution in [3.05, 3.63) is 158 Å². The van der Waals surface area contributed by atoms with Gasteiger partial charge in [0.2, 0.25) is 11.8 Å². The second-order valence-electron chi connectivity index (χ2n) is 24.0. The first-order valence-electron chi connectivity index (χ1n) is 34.3. The maximum atomic E-state index is 13.6. The topological polar surface area (TPSA) is 428 Å². The average molecular weight is 1580 g/mol. The third-order valence-corrected chi connectivity index (χ3v) is 19.6. The SMILES string of the molecule is CCC(C(=O)Nc1cc(N(CC)CCC#N)ccc1N=Nc1ccc(OON)cc1S(C)(=O)=O)C(=O)c1ccc(C)cc1C.CCCCC(CC)C(=O)Nc1cc(N(CC)CC)ccc1N=Nc1c(Br)cc(OON)cc1[N+](=O)[O-].CCN(CC)c1ccc(N=Nc2ccc(OON)cc2S(C)(=O)=O)c(C)c1. The van der Waals surface area contributed by atoms with Gasteiger partial charge in [-0.25, -0.2) is 16.8 Å². The number of hydrogen-bond donors (Lipinski definition) is 5. The van der Waals surface area contributed by atoms with Gasteiger partial charge in [-0.15, -0.1) is 25.6 Å². The van der Waals surface area contributed by atoms with Crippen LogP contribution in [0.5, 0.6) is 17.2 Å². The van der Waals surface area contributed by atoms with Gasteiger partial charge in [0.15, 0.2) is 48.4 Å². The van der Waals surface area contributed by atoms with Crippen molar-refractivity contribution in [3.63, 3.8) is 0 Å². The van der Waals surface area contributed by atoms with Crippen molar-refractivity contribution >= 4 is 121 Å². The maximum absolute atomic E-state index is 13.6. The minimum atomic E-state index is -3.77. The molecule has 0 aliphatic rings. The van der Waals surface area contributed by atoms with Crippen LogP contribution in [0.1, 0.15) is 121 Å². The van der Waals surface area contributed by atoms with E-state index < -0.39 is 36.4 Å². The molecule has 0 aliphatic heterocycles. The molecule has 0 saturated carbocycles. The number of carbonyl (C=O) groups is 3. The van der Waals surface area contributed by atoms with E-state index in [2.05, 4.69) is 114 Å². The Balaban J connectivity index is 0.000000296. The highest BCUT2D eigenvalue weighted by molar-refractivity contribution is 9.10. The lowest BCUT2D eigenvalue weighted by atomic mass is 9.91. The molecule has 34 heteroatoms. The highest BCUT2D eigenvalue weighted by atomic mass is 79.9. The predicted molar refractivity (Wildman–Crippen MR) is 414 cm³/mol. The summed E-state index contributed by atoms with van der Waals surface area (Å²) in [7, 11) is -7.32. The molecule has 0 aliphatic carbocycles. The van der Waals surface area contributed by atoms with Crippen molar-refractivity contribution < 1.29 is 65.8 Å². The molecule has 2 amide bonds. The fourth-order valence-corrected chi connectivity index (χ4v) is 13.1. The van der Waals surface area contributed by atoms with E-state index >= 15 is 0 Å². The lowest BCUT2D eigenvalue weighted by molar-refractivity contribution is -0.384. The molecule has 0 spiro atoms. The number of aryl methyl sites for hydroxylation is 3. The summed E-state index contributed by atoms with van der Waals surface area (Å²) in [6, 6.07) is 34.8. The number of Topliss-reactive ketones (excluding diaryl/α,β-unsaturated/α-hetero) is 1. The Kier molecular flexibility index (Phi) is 35.0. The Morgan fingerprint density at radius 2 is 1.02 bits per heavy atom. The van der Waals surface area contributed by atoms with Crippen molar-refractivity contribution in [1.82, 2.24) is 0 Å². The number of nitriles is 1. The fourth-order valence-electron chi connectivity index (χ4n) is 11.0. The first-order chi connectivity index (χ1) is 51.0. The van der Waals surface area contributed by atoms with Crippen LogP contribution in [0.15, 0.2) is 166 Å². The fraction of sp³-hybridized carbons (Fsp3) is 0.370. The van der Waals surface area contributed by atoms with E-state index in [1.54, 1.807) is 37.3 Å². The van der Waals surface area contributed by atoms with Crippen LogP contribution in [0.4, 0.5) is 68.2 Å². The molecule has 0 saturated heterocycles. The third-order valence-electron chi connectivity index (χ3n) is 16.7. The summed E-state index contributed by atoms with van der Waals surface area (Å²) >= 11 is 3.26. The molecule has 107 heavy (non-hydrogen) atoms. The Morgan fingerprint density at radius 1 is 0.561 bits per heavy atom. The standard InChI is InChI=1S/C31H36N6O6S.C24H33BrN6O5.C18H24N4O4S/c1-6-24(30(38)25-12-9-20(3)17-21(25)4)31(39)34-28-18-22(37(7-2)16-8-15-32)10-13-26(28)35-36-27-14-11-23(42-43-33)19-29(27)44(5,40)41;1-5-9-10-16(6-2)24(32)27-21-13-17(30(7-3)8-4)11-12-20(21)28-29-23-19(25)14-18(35-36-26)15-22(23)31(33)34;1-5-22(6-2)14-7-9-16(13(3)11-14)20-21-17-10-8-15(25-26-19)12-18(17)27(4,23)24/h9-14,17-19,24H,6-8,16,33H2,1-5H3,(H,34,39);11-16H,5-10,26H2,1-4H3,(H,27,32);7-12H,5-6,19H2,1-4H3. The van der Waals surface area contributed by atoms with Crippen molar-refractivity contribution in [2.45, 2.75) is 124 Å². The largest absolute Gasteiger partial charge is 0.372 e. The molecule has 0 heterocycles. The van der Waals surface area contributed by atoms with Crippen LogP contribution in [0.25, 0.3) is 0 Å². The zero-order valence-electron chi connectivity index (χ0n) is 62.2. The molecule has 7 rings (SSSR count). The number of halogens is 1. The first-order valence-corrected chi connectivity index (χ1v) is 38.8. The second-order valence-corrected chi connectivity index (χ2v) is 28.9. The molecule has 2 atom stereocenters. The molecule has 31 nitrogen and oxygen atoms in total. The minimum absolute atomic E-state index is 0.0129. The second kappa shape index (κ2) is 42.8. The number of nitro groups is 1. The lowest BCUT2D eigenvalue weighted by Gasteiger charge is -2.23. The van der Waals surface area contributed by atoms with Gasteiger partial charge < -0.3 is 40.0 Å². The summed E-state index contributed by atoms with van der Waals surface area (Å²) in [6.07, 6.45) is 6.13. The predicted octanol–water partition coefficient (Wildman–Crippen LogP) is 16.7. The molecule has 0 aromatic heterocycles. The number of nitrogens with two attached hydrogens (primary N) is 3. The highest BCUT2D eigenvalue weighted by Crippen LogP contribution is 2.42. The van der Waals surface area contributed by atoms with Crippen LogP contribution < -0.4 is 57.7 Å². The summed E-state index contributed by atoms with van der Waals surface area (Å²) in [5.41, 5.74) is 7.78. The Labute approximate surface area is 632 Å². The summed E-state index contributed by atoms with van der Waals surface area (Å²) in [6.45, 7) is 26.2. The van der Waals surface area contributed by atoms with E-state index in [1.807, 2.05) is 95.8 Å². The number of azo groups is 3. The number of rotatable bonds is 36. The number of carbonyl (C=O) groups excluding carboxylic acids is 3. The smallest absolute Gasteiger partial charge is 0.301 e. The number of nitro benzene ring substituents is 1. The monoisotopic (exact) mass is 1580 g/mol. The van der Waals surface area contributed by atoms with E-state index in [9.17, 15) is 41.3 Å². The number of nitrogens with zero attached hydrogens (tertiary/aromatic N) is 11. The number of unbranched alkanes of at least 4 members (excludes halogenated alkanes) is 1. The van der Waals surface area contributed by atoms with E-state index in [-0.39, 0.29) is 89.7 Å². The average Bonchev–Trinajstić information content (AvgIpc) is 0.822. The number of amides is 2. The maximum Gasteiger partial charge on any atom is 0.301 e. The molecule has 0 radical (unpaired) electrons. The van der Waals surface area contributed by atoms with E-state index in [4.69, 9.17) is 32.7 Å². The molecule has 8 N–H and O–H groups in total. The zero-order valence-corrected chi connectivity index (χ0v) is 65.4. The van der Waals surface area contributed by atoms with Gasteiger partial charge in [-0.2, -0.15) is 28.1 Å². The summed E-state index contributed by atoms with van der Waals surface area (Å²) < 4.78 is 49.2. The van der Waals surface area contributed by atoms with E-state index in [0.29, 0.717) is 47.8 Å². The highest BCUT2D eigenvalue weighted by Gasteiger charge is 2.29. The Hall–Kier alpha value is -10.2. The van der Waals surface area contributed by atoms with Crippen molar-refractivity contribution in [2.75, 3.05) is 77.1 Å². The molecule has 574 valence electrons. The summed E-state index contributed by atoms with van der Waals surface area (Å²) in [5.74, 6) is 12.9. The lowest BCUT2D eigenvalue weighted by Crippen LogP contribution is -2.30. The Bertz CT molecular complexity index is 4590. The number of ketones is 1. The van der Waals surface area contributed by atoms with Gasteiger partial charge in [-0.05, 0) is 181 Å². The van der Waals surface area contributed by atoms with Crippen LogP contribution >= 0.6 is 15.9 Å². The molecular formula is C73H93BrN16O15S2. The van der Waals surface area contributed by atoms with Crippen molar-refractivity contribution in [2.24, 2.45) is 60.2 Å². The molecule has 0 fully saturated rings. The quantitative estimate of drug-likeness (QED) is 0.00608. The van der Waals surface area contributed by atoms with Crippen molar-refractivity contribution in [3.8, 4) is 23.3 Å². The van der Waals surface area contributed by atoms with Crippen LogP contribution in [0.2, 0.25) is 0 Å². The summed E-state index contributed by atoms with van der Waals surface area (Å²) in [5, 5.41) is 51.8. The minimum Gasteiger partial charge on any atom is -0.372 e. The van der Waals surface area contributed by atoms with Crippen LogP contribution in [-0.2, 0) is 44.2 Å². The molecular weight excluding hydrogens is 1480 g/mol. The van der Waals surface area contributed by atoms with Crippen LogP contribution in [0, 0.1) is 54.1 Å². The molecule has 7 aromatic rings. The van der Waals surface area contributed by atoms with Crippen LogP contribution in [0.3, 0.4) is 0 Å². The number of hydrogen-bond acceptors (Lipinski definition) is 28. The Morgan fingerprint density at radius 3 is 1.47 bits per heavy atom. The van der Waals surface area contributed by atoms with Crippen molar-refractivity contribution in [1.29, 1.82) is 5.26 Å². The van der Waals surface area contributed by atoms with Gasteiger partial charge in [0, 0.05) is 98.5 Å². The van der Waals surface area contributed by atoms with E-state index in [1.165, 1.54) is 42.5 Å². The van der Waals surface area contributed by atoms with Gasteiger partial charge in [0.05, 0.1) is 54.8 Å². The third kappa shape index (κ3) is 25.5. The summed E-state index contributed by atoms with van der Waals surface area (Å²) in [4.78, 5) is 83.6. The van der Waals surface area contributed by atoms with Gasteiger partial charge in [0.1, 0.15) is 28.7 Å². The first kappa shape index (κ1) is 87.4. The molecule has 7 aromatic carbocycles. The molecule has 0 bridgehead atoms. The number of anilines is 5. The van der Waals surface area contributed by atoms with Gasteiger partial charge in [-0.3, -0.25) is 24.5 Å². The number of sulfone groups is 2. The van der Waals surface area contributed by atoms with Crippen LogP contribution in [-0.4, -0.2) is 91.1 Å². The van der Waals surface area contributed by atoms with Gasteiger partial charge in [-0.1, -0.05) is 72.3 Å². The number of nitrogens with one attached hydrogen (secondary N) is 2. The van der Waals surface area contributed by atoms with Gasteiger partial charge >= 0.3 is 5.69 Å². The normalized spacial score (nSPS) is 11.9. The molecule has 2 unspecified atom stereocenters. The zero-order chi connectivity index (χ0) is 79.1. The van der Waals surface area contributed by atoms with Gasteiger partial charge in [0.25, 0.3) is 0 Å².